The lowest BCUT2D eigenvalue weighted by molar-refractivity contribution is 0.414. The molecule has 0 aliphatic heterocycles. The molecular weight excluding hydrogens is 234 g/mol. The van der Waals surface area contributed by atoms with Gasteiger partial charge in [0.1, 0.15) is 5.75 Å². The maximum atomic E-state index is 6.17. The van der Waals surface area contributed by atoms with Crippen LogP contribution in [-0.2, 0) is 6.42 Å². The standard InChI is InChI=1S/C14H22ClNO/c1-3-5-12(16)7-4-6-11-8-9-13(17-2)10-14(11)15/h8-10,12H,3-7,16H2,1-2H3. The van der Waals surface area contributed by atoms with Crippen molar-refractivity contribution in [3.63, 3.8) is 0 Å². The third-order valence-electron chi connectivity index (χ3n) is 2.94. The van der Waals surface area contributed by atoms with E-state index in [9.17, 15) is 0 Å². The minimum absolute atomic E-state index is 0.331. The van der Waals surface area contributed by atoms with Crippen LogP contribution in [0.15, 0.2) is 18.2 Å². The second-order valence-electron chi connectivity index (χ2n) is 4.40. The lowest BCUT2D eigenvalue weighted by Crippen LogP contribution is -2.19. The van der Waals surface area contributed by atoms with Crippen molar-refractivity contribution in [2.75, 3.05) is 7.11 Å². The molecule has 2 nitrogen and oxygen atoms in total. The van der Waals surface area contributed by atoms with Gasteiger partial charge in [0.25, 0.3) is 0 Å². The van der Waals surface area contributed by atoms with Gasteiger partial charge in [-0.3, -0.25) is 0 Å². The van der Waals surface area contributed by atoms with Gasteiger partial charge in [-0.1, -0.05) is 31.0 Å². The Labute approximate surface area is 109 Å². The Bertz CT molecular complexity index is 341. The van der Waals surface area contributed by atoms with Crippen molar-refractivity contribution < 1.29 is 4.74 Å². The van der Waals surface area contributed by atoms with E-state index in [0.717, 1.165) is 42.9 Å². The van der Waals surface area contributed by atoms with E-state index in [2.05, 4.69) is 6.92 Å². The van der Waals surface area contributed by atoms with E-state index in [-0.39, 0.29) is 0 Å². The maximum Gasteiger partial charge on any atom is 0.120 e. The Morgan fingerprint density at radius 2 is 2.12 bits per heavy atom. The Hall–Kier alpha value is -0.730. The van der Waals surface area contributed by atoms with Crippen LogP contribution in [0.25, 0.3) is 0 Å². The summed E-state index contributed by atoms with van der Waals surface area (Å²) >= 11 is 6.17. The molecule has 2 N–H and O–H groups in total. The molecule has 96 valence electrons. The Kier molecular flexibility index (Phi) is 6.38. The molecular formula is C14H22ClNO. The van der Waals surface area contributed by atoms with Gasteiger partial charge in [0.2, 0.25) is 0 Å². The fraction of sp³-hybridized carbons (Fsp3) is 0.571. The number of methoxy groups -OCH3 is 1. The summed E-state index contributed by atoms with van der Waals surface area (Å²) in [6.45, 7) is 2.17. The van der Waals surface area contributed by atoms with Gasteiger partial charge in [-0.05, 0) is 43.4 Å². The number of halogens is 1. The van der Waals surface area contributed by atoms with Crippen LogP contribution in [-0.4, -0.2) is 13.2 Å². The zero-order valence-corrected chi connectivity index (χ0v) is 11.5. The normalized spacial score (nSPS) is 12.5. The van der Waals surface area contributed by atoms with Crippen molar-refractivity contribution in [2.24, 2.45) is 5.73 Å². The summed E-state index contributed by atoms with van der Waals surface area (Å²) in [5.74, 6) is 0.807. The average molecular weight is 256 g/mol. The van der Waals surface area contributed by atoms with Gasteiger partial charge < -0.3 is 10.5 Å². The summed E-state index contributed by atoms with van der Waals surface area (Å²) in [5, 5.41) is 0.786. The van der Waals surface area contributed by atoms with Crippen molar-refractivity contribution in [1.82, 2.24) is 0 Å². The van der Waals surface area contributed by atoms with Crippen LogP contribution in [0.4, 0.5) is 0 Å². The molecule has 0 fully saturated rings. The SMILES string of the molecule is CCCC(N)CCCc1ccc(OC)cc1Cl. The van der Waals surface area contributed by atoms with E-state index in [1.54, 1.807) is 7.11 Å². The van der Waals surface area contributed by atoms with E-state index < -0.39 is 0 Å². The molecule has 1 aromatic carbocycles. The van der Waals surface area contributed by atoms with Crippen molar-refractivity contribution in [2.45, 2.75) is 45.1 Å². The van der Waals surface area contributed by atoms with Crippen LogP contribution in [0.1, 0.15) is 38.2 Å². The monoisotopic (exact) mass is 255 g/mol. The molecule has 0 aliphatic carbocycles. The summed E-state index contributed by atoms with van der Waals surface area (Å²) in [6, 6.07) is 6.18. The van der Waals surface area contributed by atoms with Crippen molar-refractivity contribution in [1.29, 1.82) is 0 Å². The molecule has 3 heteroatoms. The number of rotatable bonds is 7. The van der Waals surface area contributed by atoms with Gasteiger partial charge in [0, 0.05) is 11.1 Å². The highest BCUT2D eigenvalue weighted by molar-refractivity contribution is 6.31. The number of ether oxygens (including phenoxy) is 1. The van der Waals surface area contributed by atoms with Gasteiger partial charge in [0.05, 0.1) is 7.11 Å². The zero-order chi connectivity index (χ0) is 12.7. The molecule has 1 unspecified atom stereocenters. The largest absolute Gasteiger partial charge is 0.497 e. The summed E-state index contributed by atoms with van der Waals surface area (Å²) in [7, 11) is 1.65. The van der Waals surface area contributed by atoms with Gasteiger partial charge >= 0.3 is 0 Å². The van der Waals surface area contributed by atoms with E-state index in [1.165, 1.54) is 5.56 Å². The Morgan fingerprint density at radius 1 is 1.35 bits per heavy atom. The first-order chi connectivity index (χ1) is 8.17. The highest BCUT2D eigenvalue weighted by atomic mass is 35.5. The summed E-state index contributed by atoms with van der Waals surface area (Å²) in [5.41, 5.74) is 7.16. The summed E-state index contributed by atoms with van der Waals surface area (Å²) in [6.07, 6.45) is 5.41. The van der Waals surface area contributed by atoms with Gasteiger partial charge in [-0.15, -0.1) is 0 Å². The number of benzene rings is 1. The highest BCUT2D eigenvalue weighted by Crippen LogP contribution is 2.23. The highest BCUT2D eigenvalue weighted by Gasteiger charge is 2.04. The third kappa shape index (κ3) is 4.97. The molecule has 0 aliphatic rings. The van der Waals surface area contributed by atoms with E-state index in [0.29, 0.717) is 6.04 Å². The molecule has 0 aromatic heterocycles. The van der Waals surface area contributed by atoms with E-state index in [4.69, 9.17) is 22.1 Å². The molecule has 1 atom stereocenters. The van der Waals surface area contributed by atoms with E-state index in [1.807, 2.05) is 18.2 Å². The molecule has 1 aromatic rings. The summed E-state index contributed by atoms with van der Waals surface area (Å²) in [4.78, 5) is 0. The van der Waals surface area contributed by atoms with Crippen LogP contribution in [0.2, 0.25) is 5.02 Å². The average Bonchev–Trinajstić information content (AvgIpc) is 2.31. The van der Waals surface area contributed by atoms with Crippen molar-refractivity contribution in [3.8, 4) is 5.75 Å². The minimum Gasteiger partial charge on any atom is -0.497 e. The third-order valence-corrected chi connectivity index (χ3v) is 3.29. The first-order valence-electron chi connectivity index (χ1n) is 6.25. The van der Waals surface area contributed by atoms with Crippen LogP contribution >= 0.6 is 11.6 Å². The zero-order valence-electron chi connectivity index (χ0n) is 10.7. The predicted molar refractivity (Wildman–Crippen MR) is 73.8 cm³/mol. The molecule has 1 rings (SSSR count). The van der Waals surface area contributed by atoms with Crippen LogP contribution in [0.5, 0.6) is 5.75 Å². The first-order valence-corrected chi connectivity index (χ1v) is 6.63. The van der Waals surface area contributed by atoms with Crippen LogP contribution in [0.3, 0.4) is 0 Å². The first kappa shape index (κ1) is 14.3. The molecule has 0 amide bonds. The van der Waals surface area contributed by atoms with Crippen LogP contribution in [0, 0.1) is 0 Å². The predicted octanol–water partition coefficient (Wildman–Crippen LogP) is 3.80. The fourth-order valence-corrected chi connectivity index (χ4v) is 2.19. The van der Waals surface area contributed by atoms with Gasteiger partial charge in [0.15, 0.2) is 0 Å². The molecule has 0 radical (unpaired) electrons. The topological polar surface area (TPSA) is 35.2 Å². The molecule has 0 bridgehead atoms. The van der Waals surface area contributed by atoms with Crippen molar-refractivity contribution in [3.05, 3.63) is 28.8 Å². The molecule has 0 heterocycles. The lowest BCUT2D eigenvalue weighted by atomic mass is 10.0. The Balaban J connectivity index is 2.41. The molecule has 17 heavy (non-hydrogen) atoms. The Morgan fingerprint density at radius 3 is 2.71 bits per heavy atom. The lowest BCUT2D eigenvalue weighted by Gasteiger charge is -2.10. The number of aryl methyl sites for hydroxylation is 1. The molecule has 0 spiro atoms. The van der Waals surface area contributed by atoms with E-state index >= 15 is 0 Å². The van der Waals surface area contributed by atoms with Gasteiger partial charge in [-0.2, -0.15) is 0 Å². The minimum atomic E-state index is 0.331. The number of nitrogens with two attached hydrogens (primary N) is 1. The molecule has 0 saturated carbocycles. The quantitative estimate of drug-likeness (QED) is 0.804. The summed E-state index contributed by atoms with van der Waals surface area (Å²) < 4.78 is 5.12. The second-order valence-corrected chi connectivity index (χ2v) is 4.81. The smallest absolute Gasteiger partial charge is 0.120 e. The fourth-order valence-electron chi connectivity index (χ4n) is 1.93. The number of hydrogen-bond donors (Lipinski definition) is 1. The van der Waals surface area contributed by atoms with Crippen molar-refractivity contribution >= 4 is 11.6 Å². The molecule has 0 saturated heterocycles. The number of hydrogen-bond acceptors (Lipinski definition) is 2. The van der Waals surface area contributed by atoms with Gasteiger partial charge in [-0.25, -0.2) is 0 Å². The second kappa shape index (κ2) is 7.57. The van der Waals surface area contributed by atoms with Crippen LogP contribution < -0.4 is 10.5 Å². The maximum absolute atomic E-state index is 6.17.